The van der Waals surface area contributed by atoms with Crippen LogP contribution in [0.2, 0.25) is 5.02 Å². The largest absolute Gasteiger partial charge is 0.350 e. The molecule has 0 fully saturated rings. The minimum absolute atomic E-state index is 0.0805. The first kappa shape index (κ1) is 29.3. The van der Waals surface area contributed by atoms with E-state index in [1.165, 1.54) is 24.0 Å². The van der Waals surface area contributed by atoms with Crippen LogP contribution in [-0.4, -0.2) is 55.3 Å². The number of anilines is 1. The van der Waals surface area contributed by atoms with Crippen molar-refractivity contribution in [2.24, 2.45) is 0 Å². The van der Waals surface area contributed by atoms with Gasteiger partial charge in [-0.1, -0.05) is 42.8 Å². The fraction of sp³-hybridized carbons (Fsp3) is 0.423. The number of amides is 2. The van der Waals surface area contributed by atoms with Crippen LogP contribution < -0.4 is 9.62 Å². The second kappa shape index (κ2) is 11.9. The Hall–Kier alpha value is -2.91. The minimum Gasteiger partial charge on any atom is -0.350 e. The molecule has 36 heavy (non-hydrogen) atoms. The van der Waals surface area contributed by atoms with E-state index in [0.717, 1.165) is 16.1 Å². The molecule has 0 aliphatic rings. The van der Waals surface area contributed by atoms with Gasteiger partial charge in [0, 0.05) is 22.7 Å². The van der Waals surface area contributed by atoms with Crippen molar-refractivity contribution in [2.45, 2.75) is 59.2 Å². The van der Waals surface area contributed by atoms with Gasteiger partial charge in [-0.25, -0.2) is 8.42 Å². The van der Waals surface area contributed by atoms with Gasteiger partial charge in [0.15, 0.2) is 5.78 Å². The quantitative estimate of drug-likeness (QED) is 0.462. The first-order valence-electron chi connectivity index (χ1n) is 11.6. The summed E-state index contributed by atoms with van der Waals surface area (Å²) in [7, 11) is -3.89. The number of ketones is 1. The molecule has 0 saturated carbocycles. The lowest BCUT2D eigenvalue weighted by atomic mass is 10.1. The highest BCUT2D eigenvalue weighted by molar-refractivity contribution is 7.92. The summed E-state index contributed by atoms with van der Waals surface area (Å²) in [4.78, 5) is 40.1. The molecule has 0 radical (unpaired) electrons. The first-order chi connectivity index (χ1) is 16.6. The predicted molar refractivity (Wildman–Crippen MR) is 143 cm³/mol. The molecule has 0 aromatic heterocycles. The zero-order chi connectivity index (χ0) is 27.3. The van der Waals surface area contributed by atoms with E-state index < -0.39 is 34.1 Å². The van der Waals surface area contributed by atoms with Crippen molar-refractivity contribution < 1.29 is 22.8 Å². The smallest absolute Gasteiger partial charge is 0.244 e. The maximum atomic E-state index is 13.7. The number of halogens is 1. The Kier molecular flexibility index (Phi) is 9.68. The molecule has 0 saturated heterocycles. The molecule has 2 rings (SSSR count). The van der Waals surface area contributed by atoms with Gasteiger partial charge < -0.3 is 10.2 Å². The number of carbonyl (C=O) groups is 3. The van der Waals surface area contributed by atoms with Gasteiger partial charge in [0.05, 0.1) is 11.9 Å². The molecule has 8 nitrogen and oxygen atoms in total. The minimum atomic E-state index is -3.89. The molecule has 0 aliphatic carbocycles. The Morgan fingerprint density at radius 2 is 1.67 bits per heavy atom. The summed E-state index contributed by atoms with van der Waals surface area (Å²) in [5.74, 6) is -1.12. The molecular formula is C26H34ClN3O5S. The van der Waals surface area contributed by atoms with Crippen LogP contribution in [-0.2, 0) is 26.2 Å². The van der Waals surface area contributed by atoms with Crippen molar-refractivity contribution in [1.29, 1.82) is 0 Å². The number of Topliss-reactive ketones (excluding diaryl/α,β-unsaturated/α-hetero) is 1. The molecule has 196 valence electrons. The third-order valence-corrected chi connectivity index (χ3v) is 6.76. The fourth-order valence-electron chi connectivity index (χ4n) is 3.65. The van der Waals surface area contributed by atoms with Crippen molar-refractivity contribution in [2.75, 3.05) is 17.1 Å². The topological polar surface area (TPSA) is 104 Å². The highest BCUT2D eigenvalue weighted by Crippen LogP contribution is 2.22. The second-order valence-electron chi connectivity index (χ2n) is 9.69. The molecule has 0 spiro atoms. The number of sulfonamides is 1. The van der Waals surface area contributed by atoms with E-state index in [4.69, 9.17) is 11.6 Å². The summed E-state index contributed by atoms with van der Waals surface area (Å²) in [6, 6.07) is 12.1. The van der Waals surface area contributed by atoms with E-state index in [2.05, 4.69) is 5.32 Å². The lowest BCUT2D eigenvalue weighted by Gasteiger charge is -2.34. The van der Waals surface area contributed by atoms with Crippen LogP contribution in [0.25, 0.3) is 0 Å². The van der Waals surface area contributed by atoms with Gasteiger partial charge in [-0.3, -0.25) is 18.7 Å². The monoisotopic (exact) mass is 535 g/mol. The molecule has 0 heterocycles. The summed E-state index contributed by atoms with van der Waals surface area (Å²) >= 11 is 6.00. The summed E-state index contributed by atoms with van der Waals surface area (Å²) in [6.45, 7) is 8.25. The summed E-state index contributed by atoms with van der Waals surface area (Å²) < 4.78 is 26.4. The molecule has 1 unspecified atom stereocenters. The Morgan fingerprint density at radius 1 is 1.06 bits per heavy atom. The highest BCUT2D eigenvalue weighted by Gasteiger charge is 2.33. The molecule has 2 aromatic rings. The molecule has 0 aliphatic heterocycles. The van der Waals surface area contributed by atoms with Gasteiger partial charge >= 0.3 is 0 Å². The second-order valence-corrected chi connectivity index (χ2v) is 12.0. The van der Waals surface area contributed by atoms with Crippen LogP contribution >= 0.6 is 11.6 Å². The summed E-state index contributed by atoms with van der Waals surface area (Å²) in [6.07, 6.45) is 1.31. The molecule has 0 bridgehead atoms. The van der Waals surface area contributed by atoms with E-state index >= 15 is 0 Å². The summed E-state index contributed by atoms with van der Waals surface area (Å²) in [5, 5.41) is 3.44. The molecular weight excluding hydrogens is 502 g/mol. The maximum absolute atomic E-state index is 13.7. The number of hydrogen-bond donors (Lipinski definition) is 1. The average molecular weight is 536 g/mol. The first-order valence-corrected chi connectivity index (χ1v) is 13.8. The van der Waals surface area contributed by atoms with Crippen molar-refractivity contribution in [1.82, 2.24) is 10.2 Å². The number of benzene rings is 2. The molecule has 1 atom stereocenters. The van der Waals surface area contributed by atoms with E-state index in [0.29, 0.717) is 17.0 Å². The number of nitrogens with zero attached hydrogens (tertiary/aromatic N) is 2. The van der Waals surface area contributed by atoms with Gasteiger partial charge in [-0.2, -0.15) is 0 Å². The van der Waals surface area contributed by atoms with Crippen molar-refractivity contribution in [3.8, 4) is 0 Å². The van der Waals surface area contributed by atoms with Crippen molar-refractivity contribution >= 4 is 44.9 Å². The highest BCUT2D eigenvalue weighted by atomic mass is 35.5. The third kappa shape index (κ3) is 8.34. The van der Waals surface area contributed by atoms with E-state index in [1.54, 1.807) is 43.3 Å². The van der Waals surface area contributed by atoms with E-state index in [1.807, 2.05) is 20.8 Å². The number of carbonyl (C=O) groups excluding carboxylic acids is 3. The predicted octanol–water partition coefficient (Wildman–Crippen LogP) is 4.03. The van der Waals surface area contributed by atoms with Crippen molar-refractivity contribution in [3.05, 3.63) is 64.7 Å². The normalized spacial score (nSPS) is 12.5. The number of nitrogens with one attached hydrogen (secondary N) is 1. The third-order valence-electron chi connectivity index (χ3n) is 5.37. The van der Waals surface area contributed by atoms with Crippen LogP contribution in [0.15, 0.2) is 48.5 Å². The Bertz CT molecular complexity index is 1210. The van der Waals surface area contributed by atoms with Gasteiger partial charge in [-0.05, 0) is 63.9 Å². The van der Waals surface area contributed by atoms with E-state index in [9.17, 15) is 22.8 Å². The standard InChI is InChI=1S/C26H34ClN3O5S/c1-7-23(25(33)28-26(3,4)5)29(16-19-11-13-21(27)14-12-19)24(32)17-30(36(6,34)35)22-10-8-9-20(15-22)18(2)31/h8-15,23H,7,16-17H2,1-6H3,(H,28,33). The van der Waals surface area contributed by atoms with Crippen LogP contribution in [0.3, 0.4) is 0 Å². The molecule has 2 aromatic carbocycles. The van der Waals surface area contributed by atoms with Gasteiger partial charge in [0.1, 0.15) is 12.6 Å². The zero-order valence-corrected chi connectivity index (χ0v) is 23.1. The fourth-order valence-corrected chi connectivity index (χ4v) is 4.62. The Balaban J connectivity index is 2.49. The molecule has 2 amide bonds. The van der Waals surface area contributed by atoms with Gasteiger partial charge in [0.25, 0.3) is 0 Å². The molecule has 1 N–H and O–H groups in total. The van der Waals surface area contributed by atoms with Gasteiger partial charge in [-0.15, -0.1) is 0 Å². The van der Waals surface area contributed by atoms with Crippen LogP contribution in [0.1, 0.15) is 57.0 Å². The van der Waals surface area contributed by atoms with Crippen LogP contribution in [0.5, 0.6) is 0 Å². The lowest BCUT2D eigenvalue weighted by Crippen LogP contribution is -2.55. The Morgan fingerprint density at radius 3 is 2.17 bits per heavy atom. The SMILES string of the molecule is CCC(C(=O)NC(C)(C)C)N(Cc1ccc(Cl)cc1)C(=O)CN(c1cccc(C(C)=O)c1)S(C)(=O)=O. The van der Waals surface area contributed by atoms with Crippen molar-refractivity contribution in [3.63, 3.8) is 0 Å². The van der Waals surface area contributed by atoms with Gasteiger partial charge in [0.2, 0.25) is 21.8 Å². The summed E-state index contributed by atoms with van der Waals surface area (Å²) in [5.41, 5.74) is 0.727. The van der Waals surface area contributed by atoms with Crippen LogP contribution in [0, 0.1) is 0 Å². The van der Waals surface area contributed by atoms with Crippen LogP contribution in [0.4, 0.5) is 5.69 Å². The maximum Gasteiger partial charge on any atom is 0.244 e. The Labute approximate surface area is 218 Å². The molecule has 10 heteroatoms. The van der Waals surface area contributed by atoms with E-state index in [-0.39, 0.29) is 23.9 Å². The number of rotatable bonds is 10. The number of hydrogen-bond acceptors (Lipinski definition) is 5. The zero-order valence-electron chi connectivity index (χ0n) is 21.5. The average Bonchev–Trinajstić information content (AvgIpc) is 2.76. The lowest BCUT2D eigenvalue weighted by molar-refractivity contribution is -0.141.